The summed E-state index contributed by atoms with van der Waals surface area (Å²) in [5.74, 6) is 2.13. The summed E-state index contributed by atoms with van der Waals surface area (Å²) in [6, 6.07) is 0. The van der Waals surface area contributed by atoms with Gasteiger partial charge in [-0.25, -0.2) is 4.79 Å². The van der Waals surface area contributed by atoms with Crippen molar-refractivity contribution in [3.8, 4) is 0 Å². The first-order valence-corrected chi connectivity index (χ1v) is 12.0. The van der Waals surface area contributed by atoms with Gasteiger partial charge in [0.15, 0.2) is 0 Å². The van der Waals surface area contributed by atoms with Crippen molar-refractivity contribution >= 4 is 28.2 Å². The third kappa shape index (κ3) is 3.10. The molecule has 1 aromatic heterocycles. The molecule has 4 bridgehead atoms. The van der Waals surface area contributed by atoms with Crippen LogP contribution in [0.4, 0.5) is 5.00 Å². The molecule has 0 spiro atoms. The number of amides is 1. The molecule has 0 atom stereocenters. The van der Waals surface area contributed by atoms with Crippen molar-refractivity contribution in [3.05, 3.63) is 16.0 Å². The summed E-state index contributed by atoms with van der Waals surface area (Å²) in [7, 11) is 0. The van der Waals surface area contributed by atoms with E-state index >= 15 is 0 Å². The molecule has 5 aliphatic rings. The average molecular weight is 402 g/mol. The highest BCUT2D eigenvalue weighted by Gasteiger charge is 2.54. The zero-order valence-electron chi connectivity index (χ0n) is 16.9. The molecule has 28 heavy (non-hydrogen) atoms. The van der Waals surface area contributed by atoms with Crippen molar-refractivity contribution in [1.29, 1.82) is 0 Å². The second-order valence-corrected chi connectivity index (χ2v) is 10.7. The van der Waals surface area contributed by atoms with E-state index in [-0.39, 0.29) is 17.3 Å². The first-order valence-electron chi connectivity index (χ1n) is 11.2. The lowest BCUT2D eigenvalue weighted by Crippen LogP contribution is -2.51. The maximum atomic E-state index is 13.5. The van der Waals surface area contributed by atoms with Gasteiger partial charge in [-0.2, -0.15) is 0 Å². The minimum absolute atomic E-state index is 0.175. The van der Waals surface area contributed by atoms with Gasteiger partial charge in [0.1, 0.15) is 5.00 Å². The quantitative estimate of drug-likeness (QED) is 0.547. The van der Waals surface area contributed by atoms with E-state index < -0.39 is 0 Å². The van der Waals surface area contributed by atoms with Gasteiger partial charge in [-0.15, -0.1) is 11.3 Å². The van der Waals surface area contributed by atoms with Crippen LogP contribution in [0.1, 0.15) is 85.5 Å². The van der Waals surface area contributed by atoms with E-state index in [0.717, 1.165) is 73.3 Å². The zero-order chi connectivity index (χ0) is 19.3. The largest absolute Gasteiger partial charge is 0.462 e. The maximum absolute atomic E-state index is 13.5. The third-order valence-electron chi connectivity index (χ3n) is 7.65. The molecule has 0 unspecified atom stereocenters. The standard InChI is InChI=1S/C23H31NO3S/c1-2-27-21(25)19-17-6-4-3-5-7-18(17)28-20(19)24-22(26)23-11-14-8-15(12-23)10-16(9-14)13-23/h14-16H,2-13H2,1H3,(H,24,26). The number of rotatable bonds is 4. The molecule has 1 amide bonds. The molecule has 0 aromatic carbocycles. The highest BCUT2D eigenvalue weighted by Crippen LogP contribution is 2.60. The predicted molar refractivity (Wildman–Crippen MR) is 111 cm³/mol. The van der Waals surface area contributed by atoms with Crippen molar-refractivity contribution in [1.82, 2.24) is 0 Å². The van der Waals surface area contributed by atoms with Gasteiger partial charge in [0, 0.05) is 4.88 Å². The Bertz CT molecular complexity index is 761. The van der Waals surface area contributed by atoms with Gasteiger partial charge in [-0.05, 0) is 94.4 Å². The summed E-state index contributed by atoms with van der Waals surface area (Å²) in [4.78, 5) is 27.6. The van der Waals surface area contributed by atoms with Gasteiger partial charge in [0.2, 0.25) is 5.91 Å². The average Bonchev–Trinajstić information content (AvgIpc) is 2.81. The molecule has 5 heteroatoms. The number of hydrogen-bond acceptors (Lipinski definition) is 4. The molecule has 4 saturated carbocycles. The number of hydrogen-bond donors (Lipinski definition) is 1. The number of anilines is 1. The number of esters is 1. The molecule has 1 heterocycles. The van der Waals surface area contributed by atoms with Crippen molar-refractivity contribution < 1.29 is 14.3 Å². The molecule has 152 valence electrons. The minimum atomic E-state index is -0.261. The van der Waals surface area contributed by atoms with Crippen LogP contribution in [0.5, 0.6) is 0 Å². The van der Waals surface area contributed by atoms with E-state index in [1.807, 2.05) is 6.92 Å². The zero-order valence-corrected chi connectivity index (χ0v) is 17.7. The Balaban J connectivity index is 1.45. The van der Waals surface area contributed by atoms with Gasteiger partial charge in [0.05, 0.1) is 17.6 Å². The van der Waals surface area contributed by atoms with Gasteiger partial charge in [-0.1, -0.05) is 6.42 Å². The smallest absolute Gasteiger partial charge is 0.341 e. The van der Waals surface area contributed by atoms with E-state index in [4.69, 9.17) is 4.74 Å². The van der Waals surface area contributed by atoms with Gasteiger partial charge in [0.25, 0.3) is 0 Å². The fraction of sp³-hybridized carbons (Fsp3) is 0.739. The Morgan fingerprint density at radius 3 is 2.32 bits per heavy atom. The number of carbonyl (C=O) groups excluding carboxylic acids is 2. The van der Waals surface area contributed by atoms with Crippen molar-refractivity contribution in [2.45, 2.75) is 77.6 Å². The van der Waals surface area contributed by atoms with Crippen LogP contribution in [0.15, 0.2) is 0 Å². The lowest BCUT2D eigenvalue weighted by molar-refractivity contribution is -0.140. The Kier molecular flexibility index (Phi) is 4.77. The van der Waals surface area contributed by atoms with Crippen LogP contribution in [0.25, 0.3) is 0 Å². The Morgan fingerprint density at radius 2 is 1.68 bits per heavy atom. The summed E-state index contributed by atoms with van der Waals surface area (Å²) < 4.78 is 5.38. The lowest BCUT2D eigenvalue weighted by atomic mass is 9.49. The van der Waals surface area contributed by atoms with E-state index in [9.17, 15) is 9.59 Å². The van der Waals surface area contributed by atoms with Crippen molar-refractivity contribution in [3.63, 3.8) is 0 Å². The molecule has 4 nitrogen and oxygen atoms in total. The molecular weight excluding hydrogens is 370 g/mol. The molecule has 1 aromatic rings. The number of nitrogens with one attached hydrogen (secondary N) is 1. The maximum Gasteiger partial charge on any atom is 0.341 e. The van der Waals surface area contributed by atoms with Gasteiger partial charge >= 0.3 is 5.97 Å². The molecule has 0 radical (unpaired) electrons. The first kappa shape index (κ1) is 18.7. The summed E-state index contributed by atoms with van der Waals surface area (Å²) in [6.07, 6.45) is 12.5. The summed E-state index contributed by atoms with van der Waals surface area (Å²) in [5.41, 5.74) is 1.60. The van der Waals surface area contributed by atoms with Crippen LogP contribution in [0.3, 0.4) is 0 Å². The fourth-order valence-corrected chi connectivity index (χ4v) is 8.15. The highest BCUT2D eigenvalue weighted by atomic mass is 32.1. The molecular formula is C23H31NO3S. The highest BCUT2D eigenvalue weighted by molar-refractivity contribution is 7.17. The summed E-state index contributed by atoms with van der Waals surface area (Å²) in [5, 5.41) is 4.02. The number of aryl methyl sites for hydroxylation is 1. The Hall–Kier alpha value is -1.36. The first-order chi connectivity index (χ1) is 13.6. The van der Waals surface area contributed by atoms with Crippen LogP contribution in [0, 0.1) is 23.2 Å². The van der Waals surface area contributed by atoms with Crippen LogP contribution in [-0.4, -0.2) is 18.5 Å². The minimum Gasteiger partial charge on any atom is -0.462 e. The van der Waals surface area contributed by atoms with Crippen molar-refractivity contribution in [2.24, 2.45) is 23.2 Å². The Labute approximate surface area is 171 Å². The number of ether oxygens (including phenoxy) is 1. The number of fused-ring (bicyclic) bond motifs is 1. The van der Waals surface area contributed by atoms with E-state index in [0.29, 0.717) is 12.2 Å². The van der Waals surface area contributed by atoms with Crippen LogP contribution in [0.2, 0.25) is 0 Å². The van der Waals surface area contributed by atoms with Crippen LogP contribution < -0.4 is 5.32 Å². The number of thiophene rings is 1. The second kappa shape index (κ2) is 7.16. The lowest BCUT2D eigenvalue weighted by Gasteiger charge is -2.55. The van der Waals surface area contributed by atoms with Crippen molar-refractivity contribution in [2.75, 3.05) is 11.9 Å². The van der Waals surface area contributed by atoms with E-state index in [1.54, 1.807) is 11.3 Å². The monoisotopic (exact) mass is 401 g/mol. The van der Waals surface area contributed by atoms with E-state index in [2.05, 4.69) is 5.32 Å². The van der Waals surface area contributed by atoms with E-state index in [1.165, 1.54) is 30.6 Å². The fourth-order valence-electron chi connectivity index (χ4n) is 6.87. The Morgan fingerprint density at radius 1 is 1.04 bits per heavy atom. The molecule has 5 aliphatic carbocycles. The topological polar surface area (TPSA) is 55.4 Å². The predicted octanol–water partition coefficient (Wildman–Crippen LogP) is 5.35. The van der Waals surface area contributed by atoms with Gasteiger partial charge in [-0.3, -0.25) is 4.79 Å². The summed E-state index contributed by atoms with van der Waals surface area (Å²) in [6.45, 7) is 2.21. The van der Waals surface area contributed by atoms with Gasteiger partial charge < -0.3 is 10.1 Å². The molecule has 1 N–H and O–H groups in total. The van der Waals surface area contributed by atoms with Crippen LogP contribution in [-0.2, 0) is 22.4 Å². The molecule has 0 aliphatic heterocycles. The summed E-state index contributed by atoms with van der Waals surface area (Å²) >= 11 is 1.63. The number of carbonyl (C=O) groups is 2. The molecule has 4 fully saturated rings. The normalized spacial score (nSPS) is 33.2. The van der Waals surface area contributed by atoms with Crippen LogP contribution >= 0.6 is 11.3 Å². The SMILES string of the molecule is CCOC(=O)c1c(NC(=O)C23CC4CC(CC(C4)C2)C3)sc2c1CCCCC2. The molecule has 0 saturated heterocycles. The second-order valence-electron chi connectivity index (χ2n) is 9.64. The third-order valence-corrected chi connectivity index (χ3v) is 8.86. The molecule has 6 rings (SSSR count).